The molecule has 1 atom stereocenters. The molecule has 1 aromatic carbocycles. The zero-order valence-corrected chi connectivity index (χ0v) is 9.27. The zero-order chi connectivity index (χ0) is 11.7. The monoisotopic (exact) mass is 223 g/mol. The maximum absolute atomic E-state index is 12.9. The Kier molecular flexibility index (Phi) is 2.78. The van der Waals surface area contributed by atoms with Crippen LogP contribution in [0.25, 0.3) is 11.1 Å². The Bertz CT molecular complexity index is 495. The van der Waals surface area contributed by atoms with Crippen LogP contribution in [-0.4, -0.2) is 24.6 Å². The van der Waals surface area contributed by atoms with Crippen molar-refractivity contribution < 1.29 is 8.81 Å². The van der Waals surface area contributed by atoms with Crippen LogP contribution in [0.5, 0.6) is 0 Å². The van der Waals surface area contributed by atoms with E-state index in [0.29, 0.717) is 23.7 Å². The number of anilines is 1. The minimum atomic E-state index is -0.317. The van der Waals surface area contributed by atoms with Crippen molar-refractivity contribution >= 4 is 17.1 Å². The minimum absolute atomic E-state index is 0.0248. The van der Waals surface area contributed by atoms with E-state index in [2.05, 4.69) is 4.98 Å². The fourth-order valence-electron chi connectivity index (χ4n) is 1.56. The summed E-state index contributed by atoms with van der Waals surface area (Å²) >= 11 is 0. The molecule has 2 N–H and O–H groups in total. The van der Waals surface area contributed by atoms with Crippen LogP contribution in [0.1, 0.15) is 6.92 Å². The predicted molar refractivity (Wildman–Crippen MR) is 60.9 cm³/mol. The van der Waals surface area contributed by atoms with Crippen molar-refractivity contribution in [2.45, 2.75) is 13.0 Å². The van der Waals surface area contributed by atoms with E-state index in [1.165, 1.54) is 12.1 Å². The molecule has 0 spiro atoms. The molecule has 2 rings (SSSR count). The second-order valence-corrected chi connectivity index (χ2v) is 3.97. The summed E-state index contributed by atoms with van der Waals surface area (Å²) < 4.78 is 18.4. The largest absolute Gasteiger partial charge is 0.423 e. The van der Waals surface area contributed by atoms with E-state index < -0.39 is 0 Å². The van der Waals surface area contributed by atoms with Gasteiger partial charge in [0.05, 0.1) is 0 Å². The van der Waals surface area contributed by atoms with E-state index in [1.54, 1.807) is 6.07 Å². The normalized spacial score (nSPS) is 13.0. The molecule has 0 radical (unpaired) electrons. The number of halogens is 1. The van der Waals surface area contributed by atoms with Crippen LogP contribution >= 0.6 is 0 Å². The molecule has 0 aliphatic rings. The smallest absolute Gasteiger partial charge is 0.298 e. The van der Waals surface area contributed by atoms with Gasteiger partial charge in [-0.25, -0.2) is 4.39 Å². The van der Waals surface area contributed by atoms with Crippen LogP contribution in [0.3, 0.4) is 0 Å². The number of benzene rings is 1. The number of hydrogen-bond acceptors (Lipinski definition) is 4. The first-order chi connectivity index (χ1) is 7.56. The number of hydrogen-bond donors (Lipinski definition) is 1. The summed E-state index contributed by atoms with van der Waals surface area (Å²) in [6, 6.07) is 4.75. The van der Waals surface area contributed by atoms with E-state index in [9.17, 15) is 4.39 Å². The maximum Gasteiger partial charge on any atom is 0.298 e. The average Bonchev–Trinajstić information content (AvgIpc) is 2.59. The number of likely N-dealkylation sites (N-methyl/N-ethyl adjacent to an activating group) is 1. The fraction of sp³-hybridized carbons (Fsp3) is 0.364. The van der Waals surface area contributed by atoms with Crippen LogP contribution in [0.2, 0.25) is 0 Å². The molecule has 0 bridgehead atoms. The van der Waals surface area contributed by atoms with Crippen molar-refractivity contribution in [1.82, 2.24) is 4.98 Å². The topological polar surface area (TPSA) is 55.3 Å². The Balaban J connectivity index is 2.32. The first kappa shape index (κ1) is 10.9. The Morgan fingerprint density at radius 2 is 2.31 bits per heavy atom. The van der Waals surface area contributed by atoms with Gasteiger partial charge in [0.1, 0.15) is 11.3 Å². The molecular weight excluding hydrogens is 209 g/mol. The second kappa shape index (κ2) is 4.09. The van der Waals surface area contributed by atoms with E-state index >= 15 is 0 Å². The maximum atomic E-state index is 12.9. The van der Waals surface area contributed by atoms with Crippen molar-refractivity contribution in [2.75, 3.05) is 18.5 Å². The lowest BCUT2D eigenvalue weighted by Gasteiger charge is -2.16. The summed E-state index contributed by atoms with van der Waals surface area (Å²) in [5, 5.41) is 0. The van der Waals surface area contributed by atoms with Crippen LogP contribution in [-0.2, 0) is 0 Å². The third-order valence-corrected chi connectivity index (χ3v) is 2.23. The molecule has 1 unspecified atom stereocenters. The van der Waals surface area contributed by atoms with Crippen LogP contribution < -0.4 is 10.6 Å². The zero-order valence-electron chi connectivity index (χ0n) is 9.27. The number of fused-ring (bicyclic) bond motifs is 1. The third kappa shape index (κ3) is 2.14. The second-order valence-electron chi connectivity index (χ2n) is 3.97. The first-order valence-electron chi connectivity index (χ1n) is 5.09. The van der Waals surface area contributed by atoms with Gasteiger partial charge in [0.15, 0.2) is 5.58 Å². The highest BCUT2D eigenvalue weighted by atomic mass is 19.1. The van der Waals surface area contributed by atoms with Gasteiger partial charge in [-0.05, 0) is 19.1 Å². The molecule has 0 saturated carbocycles. The summed E-state index contributed by atoms with van der Waals surface area (Å²) in [6.45, 7) is 2.54. The number of nitrogens with two attached hydrogens (primary N) is 1. The van der Waals surface area contributed by atoms with Gasteiger partial charge in [0.2, 0.25) is 0 Å². The van der Waals surface area contributed by atoms with Crippen LogP contribution in [0.4, 0.5) is 10.4 Å². The van der Waals surface area contributed by atoms with Crippen molar-refractivity contribution in [3.63, 3.8) is 0 Å². The van der Waals surface area contributed by atoms with E-state index in [-0.39, 0.29) is 11.9 Å². The van der Waals surface area contributed by atoms with Gasteiger partial charge in [-0.1, -0.05) is 0 Å². The van der Waals surface area contributed by atoms with Gasteiger partial charge in [-0.2, -0.15) is 4.98 Å². The third-order valence-electron chi connectivity index (χ3n) is 2.23. The predicted octanol–water partition coefficient (Wildman–Crippen LogP) is 1.75. The summed E-state index contributed by atoms with van der Waals surface area (Å²) in [5.74, 6) is -0.317. The molecule has 1 aromatic heterocycles. The lowest BCUT2D eigenvalue weighted by atomic mass is 10.3. The highest BCUT2D eigenvalue weighted by molar-refractivity contribution is 5.74. The van der Waals surface area contributed by atoms with Gasteiger partial charge in [-0.15, -0.1) is 0 Å². The van der Waals surface area contributed by atoms with Gasteiger partial charge in [0.25, 0.3) is 6.01 Å². The summed E-state index contributed by atoms with van der Waals surface area (Å²) in [6.07, 6.45) is 0. The summed E-state index contributed by atoms with van der Waals surface area (Å²) in [5.41, 5.74) is 6.77. The van der Waals surface area contributed by atoms with Gasteiger partial charge < -0.3 is 15.1 Å². The Morgan fingerprint density at radius 1 is 1.56 bits per heavy atom. The van der Waals surface area contributed by atoms with Crippen LogP contribution in [0, 0.1) is 5.82 Å². The van der Waals surface area contributed by atoms with Crippen molar-refractivity contribution in [1.29, 1.82) is 0 Å². The standard InChI is InChI=1S/C11H14FN3O/c1-7(13)6-15(2)11-14-9-5-8(12)3-4-10(9)16-11/h3-5,7H,6,13H2,1-2H3. The lowest BCUT2D eigenvalue weighted by molar-refractivity contribution is 0.568. The average molecular weight is 223 g/mol. The molecule has 16 heavy (non-hydrogen) atoms. The SMILES string of the molecule is CC(N)CN(C)c1nc2cc(F)ccc2o1. The van der Waals surface area contributed by atoms with E-state index in [0.717, 1.165) is 0 Å². The molecule has 2 aromatic rings. The summed E-state index contributed by atoms with van der Waals surface area (Å²) in [7, 11) is 1.84. The molecule has 0 aliphatic heterocycles. The van der Waals surface area contributed by atoms with Gasteiger partial charge >= 0.3 is 0 Å². The number of rotatable bonds is 3. The number of nitrogens with zero attached hydrogens (tertiary/aromatic N) is 2. The minimum Gasteiger partial charge on any atom is -0.423 e. The molecule has 86 valence electrons. The highest BCUT2D eigenvalue weighted by Gasteiger charge is 2.11. The van der Waals surface area contributed by atoms with Gasteiger partial charge in [-0.3, -0.25) is 0 Å². The molecule has 0 aliphatic carbocycles. The quantitative estimate of drug-likeness (QED) is 0.861. The first-order valence-corrected chi connectivity index (χ1v) is 5.09. The summed E-state index contributed by atoms with van der Waals surface area (Å²) in [4.78, 5) is 6.00. The van der Waals surface area contributed by atoms with Crippen LogP contribution in [0.15, 0.2) is 22.6 Å². The molecular formula is C11H14FN3O. The fourth-order valence-corrected chi connectivity index (χ4v) is 1.56. The van der Waals surface area contributed by atoms with Crippen molar-refractivity contribution in [2.24, 2.45) is 5.73 Å². The number of aromatic nitrogens is 1. The van der Waals surface area contributed by atoms with E-state index in [4.69, 9.17) is 10.2 Å². The Labute approximate surface area is 92.9 Å². The molecule has 0 amide bonds. The van der Waals surface area contributed by atoms with Crippen molar-refractivity contribution in [3.05, 3.63) is 24.0 Å². The molecule has 0 fully saturated rings. The van der Waals surface area contributed by atoms with E-state index in [1.807, 2.05) is 18.9 Å². The Hall–Kier alpha value is -1.62. The molecule has 4 nitrogen and oxygen atoms in total. The highest BCUT2D eigenvalue weighted by Crippen LogP contribution is 2.21. The molecule has 1 heterocycles. The number of oxazole rings is 1. The molecule has 5 heteroatoms. The van der Waals surface area contributed by atoms with Gasteiger partial charge in [0, 0.05) is 25.7 Å². The lowest BCUT2D eigenvalue weighted by Crippen LogP contribution is -2.32. The Morgan fingerprint density at radius 3 is 3.00 bits per heavy atom. The molecule has 0 saturated heterocycles. The van der Waals surface area contributed by atoms with Crippen molar-refractivity contribution in [3.8, 4) is 0 Å².